The second-order valence-corrected chi connectivity index (χ2v) is 5.30. The third-order valence-corrected chi connectivity index (χ3v) is 4.01. The Kier molecular flexibility index (Phi) is 4.80. The van der Waals surface area contributed by atoms with Gasteiger partial charge in [-0.15, -0.1) is 0 Å². The Balaban J connectivity index is 1.77. The molecule has 17 heavy (non-hydrogen) atoms. The second kappa shape index (κ2) is 6.36. The Morgan fingerprint density at radius 2 is 1.94 bits per heavy atom. The van der Waals surface area contributed by atoms with Crippen LogP contribution < -0.4 is 11.1 Å². The molecular weight excluding hydrogens is 216 g/mol. The van der Waals surface area contributed by atoms with Gasteiger partial charge in [-0.05, 0) is 32.1 Å². The SMILES string of the molecule is NC(=O)[C@@H]1CCCC[C@H]1NC[C@@H]1CCCCO1. The largest absolute Gasteiger partial charge is 0.377 e. The number of hydrogen-bond donors (Lipinski definition) is 2. The van der Waals surface area contributed by atoms with Gasteiger partial charge in [0.2, 0.25) is 5.91 Å². The molecule has 2 rings (SSSR count). The van der Waals surface area contributed by atoms with Crippen molar-refractivity contribution in [2.75, 3.05) is 13.2 Å². The zero-order valence-corrected chi connectivity index (χ0v) is 10.5. The predicted octanol–water partition coefficient (Wildman–Crippen LogP) is 1.19. The summed E-state index contributed by atoms with van der Waals surface area (Å²) in [6.45, 7) is 1.75. The molecular formula is C13H24N2O2. The van der Waals surface area contributed by atoms with E-state index in [1.54, 1.807) is 0 Å². The van der Waals surface area contributed by atoms with Gasteiger partial charge in [-0.1, -0.05) is 12.8 Å². The molecule has 1 amide bonds. The van der Waals surface area contributed by atoms with Gasteiger partial charge in [0.1, 0.15) is 0 Å². The summed E-state index contributed by atoms with van der Waals surface area (Å²) in [7, 11) is 0. The molecule has 4 nitrogen and oxygen atoms in total. The van der Waals surface area contributed by atoms with E-state index in [9.17, 15) is 4.79 Å². The first-order valence-electron chi connectivity index (χ1n) is 6.91. The summed E-state index contributed by atoms with van der Waals surface area (Å²) in [5, 5.41) is 3.50. The zero-order valence-electron chi connectivity index (χ0n) is 10.5. The van der Waals surface area contributed by atoms with E-state index in [-0.39, 0.29) is 17.9 Å². The van der Waals surface area contributed by atoms with E-state index in [0.717, 1.165) is 38.8 Å². The molecule has 1 aliphatic carbocycles. The van der Waals surface area contributed by atoms with Crippen LogP contribution in [-0.4, -0.2) is 31.2 Å². The van der Waals surface area contributed by atoms with Gasteiger partial charge in [0.05, 0.1) is 12.0 Å². The van der Waals surface area contributed by atoms with Gasteiger partial charge in [-0.25, -0.2) is 0 Å². The summed E-state index contributed by atoms with van der Waals surface area (Å²) in [5.41, 5.74) is 5.46. The van der Waals surface area contributed by atoms with Crippen LogP contribution in [0.4, 0.5) is 0 Å². The maximum atomic E-state index is 11.4. The van der Waals surface area contributed by atoms with Crippen molar-refractivity contribution in [1.82, 2.24) is 5.32 Å². The van der Waals surface area contributed by atoms with E-state index in [0.29, 0.717) is 6.10 Å². The van der Waals surface area contributed by atoms with E-state index in [1.807, 2.05) is 0 Å². The predicted molar refractivity (Wildman–Crippen MR) is 66.5 cm³/mol. The van der Waals surface area contributed by atoms with Gasteiger partial charge in [0.15, 0.2) is 0 Å². The van der Waals surface area contributed by atoms with Crippen LogP contribution in [-0.2, 0) is 9.53 Å². The Labute approximate surface area is 103 Å². The van der Waals surface area contributed by atoms with Crippen LogP contribution in [0, 0.1) is 5.92 Å². The number of nitrogens with two attached hydrogens (primary N) is 1. The Morgan fingerprint density at radius 1 is 1.18 bits per heavy atom. The summed E-state index contributed by atoms with van der Waals surface area (Å²) in [5.74, 6) is -0.126. The van der Waals surface area contributed by atoms with E-state index >= 15 is 0 Å². The van der Waals surface area contributed by atoms with Gasteiger partial charge in [0.25, 0.3) is 0 Å². The highest BCUT2D eigenvalue weighted by Crippen LogP contribution is 2.24. The average molecular weight is 240 g/mol. The third kappa shape index (κ3) is 3.68. The molecule has 98 valence electrons. The molecule has 1 aliphatic heterocycles. The van der Waals surface area contributed by atoms with Crippen molar-refractivity contribution in [2.24, 2.45) is 11.7 Å². The van der Waals surface area contributed by atoms with E-state index < -0.39 is 0 Å². The summed E-state index contributed by atoms with van der Waals surface area (Å²) >= 11 is 0. The molecule has 0 bridgehead atoms. The fourth-order valence-electron chi connectivity index (χ4n) is 2.97. The van der Waals surface area contributed by atoms with Gasteiger partial charge < -0.3 is 15.8 Å². The van der Waals surface area contributed by atoms with Crippen LogP contribution in [0.3, 0.4) is 0 Å². The van der Waals surface area contributed by atoms with E-state index in [2.05, 4.69) is 5.32 Å². The number of carbonyl (C=O) groups excluding carboxylic acids is 1. The normalized spacial score (nSPS) is 34.5. The lowest BCUT2D eigenvalue weighted by Crippen LogP contribution is -2.47. The van der Waals surface area contributed by atoms with Crippen molar-refractivity contribution in [2.45, 2.75) is 57.1 Å². The minimum atomic E-state index is -0.147. The number of ether oxygens (including phenoxy) is 1. The molecule has 0 radical (unpaired) electrons. The van der Waals surface area contributed by atoms with Gasteiger partial charge in [-0.3, -0.25) is 4.79 Å². The average Bonchev–Trinajstić information content (AvgIpc) is 2.38. The van der Waals surface area contributed by atoms with Crippen molar-refractivity contribution in [3.8, 4) is 0 Å². The molecule has 1 heterocycles. The number of primary amides is 1. The van der Waals surface area contributed by atoms with Gasteiger partial charge >= 0.3 is 0 Å². The van der Waals surface area contributed by atoms with Crippen LogP contribution in [0.2, 0.25) is 0 Å². The summed E-state index contributed by atoms with van der Waals surface area (Å²) in [4.78, 5) is 11.4. The van der Waals surface area contributed by atoms with Crippen molar-refractivity contribution in [1.29, 1.82) is 0 Å². The molecule has 1 saturated heterocycles. The Bertz CT molecular complexity index is 252. The molecule has 0 aromatic rings. The molecule has 0 aromatic heterocycles. The van der Waals surface area contributed by atoms with Crippen LogP contribution in [0.15, 0.2) is 0 Å². The quantitative estimate of drug-likeness (QED) is 0.776. The number of nitrogens with one attached hydrogen (secondary N) is 1. The lowest BCUT2D eigenvalue weighted by atomic mass is 9.84. The molecule has 3 atom stereocenters. The first kappa shape index (κ1) is 12.8. The first-order valence-corrected chi connectivity index (χ1v) is 6.91. The van der Waals surface area contributed by atoms with Gasteiger partial charge in [-0.2, -0.15) is 0 Å². The van der Waals surface area contributed by atoms with Crippen molar-refractivity contribution < 1.29 is 9.53 Å². The molecule has 0 unspecified atom stereocenters. The highest BCUT2D eigenvalue weighted by Gasteiger charge is 2.29. The first-order chi connectivity index (χ1) is 8.27. The molecule has 2 fully saturated rings. The van der Waals surface area contributed by atoms with Crippen LogP contribution >= 0.6 is 0 Å². The maximum absolute atomic E-state index is 11.4. The third-order valence-electron chi connectivity index (χ3n) is 4.01. The Morgan fingerprint density at radius 3 is 2.65 bits per heavy atom. The topological polar surface area (TPSA) is 64.4 Å². The standard InChI is InChI=1S/C13H24N2O2/c14-13(16)11-6-1-2-7-12(11)15-9-10-5-3-4-8-17-10/h10-12,15H,1-9H2,(H2,14,16)/t10-,11+,12+/m0/s1. The van der Waals surface area contributed by atoms with Crippen LogP contribution in [0.25, 0.3) is 0 Å². The van der Waals surface area contributed by atoms with E-state index in [1.165, 1.54) is 19.3 Å². The molecule has 0 spiro atoms. The minimum absolute atomic E-state index is 0.0207. The van der Waals surface area contributed by atoms with Crippen LogP contribution in [0.1, 0.15) is 44.9 Å². The monoisotopic (exact) mass is 240 g/mol. The highest BCUT2D eigenvalue weighted by molar-refractivity contribution is 5.77. The fourth-order valence-corrected chi connectivity index (χ4v) is 2.97. The zero-order chi connectivity index (χ0) is 12.1. The second-order valence-electron chi connectivity index (χ2n) is 5.30. The molecule has 2 aliphatic rings. The maximum Gasteiger partial charge on any atom is 0.222 e. The highest BCUT2D eigenvalue weighted by atomic mass is 16.5. The molecule has 1 saturated carbocycles. The van der Waals surface area contributed by atoms with E-state index in [4.69, 9.17) is 10.5 Å². The van der Waals surface area contributed by atoms with Crippen LogP contribution in [0.5, 0.6) is 0 Å². The molecule has 4 heteroatoms. The lowest BCUT2D eigenvalue weighted by molar-refractivity contribution is -0.123. The Hall–Kier alpha value is -0.610. The van der Waals surface area contributed by atoms with Crippen molar-refractivity contribution >= 4 is 5.91 Å². The minimum Gasteiger partial charge on any atom is -0.377 e. The smallest absolute Gasteiger partial charge is 0.222 e. The number of amides is 1. The fraction of sp³-hybridized carbons (Fsp3) is 0.923. The summed E-state index contributed by atoms with van der Waals surface area (Å²) in [6.07, 6.45) is 8.26. The number of rotatable bonds is 4. The number of carbonyl (C=O) groups is 1. The van der Waals surface area contributed by atoms with Crippen molar-refractivity contribution in [3.05, 3.63) is 0 Å². The number of hydrogen-bond acceptors (Lipinski definition) is 3. The lowest BCUT2D eigenvalue weighted by Gasteiger charge is -2.32. The summed E-state index contributed by atoms with van der Waals surface area (Å²) in [6, 6.07) is 0.270. The molecule has 0 aromatic carbocycles. The molecule has 3 N–H and O–H groups in total. The van der Waals surface area contributed by atoms with Crippen molar-refractivity contribution in [3.63, 3.8) is 0 Å². The van der Waals surface area contributed by atoms with Gasteiger partial charge in [0, 0.05) is 19.2 Å². The summed E-state index contributed by atoms with van der Waals surface area (Å²) < 4.78 is 5.69.